The van der Waals surface area contributed by atoms with Gasteiger partial charge in [0.1, 0.15) is 17.9 Å². The molecule has 0 spiro atoms. The molecular weight excluding hydrogens is 234 g/mol. The molecule has 3 heterocycles. The molecule has 1 saturated heterocycles. The van der Waals surface area contributed by atoms with Crippen molar-refractivity contribution in [1.29, 1.82) is 0 Å². The quantitative estimate of drug-likeness (QED) is 0.704. The predicted molar refractivity (Wildman–Crippen MR) is 63.1 cm³/mol. The minimum atomic E-state index is -0.811. The number of fused-ring (bicyclic) bond motifs is 1. The zero-order valence-corrected chi connectivity index (χ0v) is 9.63. The highest BCUT2D eigenvalue weighted by molar-refractivity contribution is 5.75. The van der Waals surface area contributed by atoms with Gasteiger partial charge in [-0.2, -0.15) is 0 Å². The molecule has 3 rings (SSSR count). The Morgan fingerprint density at radius 2 is 2.28 bits per heavy atom. The molecule has 0 aliphatic carbocycles. The van der Waals surface area contributed by atoms with Crippen LogP contribution in [-0.4, -0.2) is 43.6 Å². The maximum Gasteiger partial charge on any atom is 0.320 e. The van der Waals surface area contributed by atoms with Crippen LogP contribution in [-0.2, 0) is 4.79 Å². The average Bonchev–Trinajstić information content (AvgIpc) is 2.87. The molecule has 94 valence electrons. The Morgan fingerprint density at radius 1 is 1.39 bits per heavy atom. The van der Waals surface area contributed by atoms with E-state index in [0.717, 1.165) is 17.6 Å². The van der Waals surface area contributed by atoms with Crippen molar-refractivity contribution < 1.29 is 9.90 Å². The minimum Gasteiger partial charge on any atom is -0.480 e. The van der Waals surface area contributed by atoms with Crippen LogP contribution < -0.4 is 5.32 Å². The summed E-state index contributed by atoms with van der Waals surface area (Å²) in [6, 6.07) is -0.503. The molecule has 0 aromatic carbocycles. The highest BCUT2D eigenvalue weighted by atomic mass is 16.4. The van der Waals surface area contributed by atoms with E-state index < -0.39 is 12.0 Å². The maximum atomic E-state index is 11.0. The second kappa shape index (κ2) is 4.34. The van der Waals surface area contributed by atoms with Crippen molar-refractivity contribution in [2.75, 3.05) is 6.54 Å². The number of piperidine rings is 1. The standard InChI is InChI=1S/C11H13N5O2/c17-11(18)7-3-6(1-2-12-7)8-9-10(15-4-13-8)16-5-14-9/h4-7,12H,1-3H2,(H,17,18)(H,13,14,15,16). The Labute approximate surface area is 103 Å². The fourth-order valence-electron chi connectivity index (χ4n) is 2.45. The summed E-state index contributed by atoms with van der Waals surface area (Å²) in [5, 5.41) is 12.1. The summed E-state index contributed by atoms with van der Waals surface area (Å²) >= 11 is 0. The zero-order valence-electron chi connectivity index (χ0n) is 9.63. The molecule has 0 amide bonds. The molecule has 0 saturated carbocycles. The summed E-state index contributed by atoms with van der Waals surface area (Å²) in [5.41, 5.74) is 2.31. The number of carboxylic acids is 1. The second-order valence-electron chi connectivity index (χ2n) is 4.43. The summed E-state index contributed by atoms with van der Waals surface area (Å²) in [6.45, 7) is 0.682. The third-order valence-electron chi connectivity index (χ3n) is 3.34. The van der Waals surface area contributed by atoms with E-state index in [-0.39, 0.29) is 5.92 Å². The van der Waals surface area contributed by atoms with E-state index in [1.54, 1.807) is 6.33 Å². The van der Waals surface area contributed by atoms with Crippen LogP contribution in [0.15, 0.2) is 12.7 Å². The van der Waals surface area contributed by atoms with Gasteiger partial charge in [-0.15, -0.1) is 0 Å². The lowest BCUT2D eigenvalue weighted by molar-refractivity contribution is -0.140. The number of aromatic nitrogens is 4. The summed E-state index contributed by atoms with van der Waals surface area (Å²) in [4.78, 5) is 26.5. The van der Waals surface area contributed by atoms with Crippen molar-refractivity contribution >= 4 is 17.1 Å². The monoisotopic (exact) mass is 247 g/mol. The van der Waals surface area contributed by atoms with E-state index in [0.29, 0.717) is 18.6 Å². The lowest BCUT2D eigenvalue weighted by atomic mass is 9.89. The lowest BCUT2D eigenvalue weighted by Crippen LogP contribution is -2.43. The van der Waals surface area contributed by atoms with E-state index >= 15 is 0 Å². The first-order valence-electron chi connectivity index (χ1n) is 5.86. The van der Waals surface area contributed by atoms with Crippen molar-refractivity contribution in [3.05, 3.63) is 18.3 Å². The van der Waals surface area contributed by atoms with E-state index in [4.69, 9.17) is 5.11 Å². The highest BCUT2D eigenvalue weighted by Gasteiger charge is 2.29. The Balaban J connectivity index is 1.94. The fraction of sp³-hybridized carbons (Fsp3) is 0.455. The number of imidazole rings is 1. The molecule has 2 aromatic rings. The van der Waals surface area contributed by atoms with Crippen molar-refractivity contribution in [3.63, 3.8) is 0 Å². The zero-order chi connectivity index (χ0) is 12.5. The average molecular weight is 247 g/mol. The third kappa shape index (κ3) is 1.82. The van der Waals surface area contributed by atoms with E-state index in [1.165, 1.54) is 6.33 Å². The number of nitrogens with zero attached hydrogens (tertiary/aromatic N) is 3. The Hall–Kier alpha value is -2.02. The normalized spacial score (nSPS) is 24.2. The molecule has 2 aromatic heterocycles. The number of hydrogen-bond donors (Lipinski definition) is 3. The molecule has 7 nitrogen and oxygen atoms in total. The molecular formula is C11H13N5O2. The molecule has 0 bridgehead atoms. The van der Waals surface area contributed by atoms with Crippen LogP contribution in [0.1, 0.15) is 24.5 Å². The third-order valence-corrected chi connectivity index (χ3v) is 3.34. The number of aliphatic carboxylic acids is 1. The van der Waals surface area contributed by atoms with Crippen LogP contribution in [0.2, 0.25) is 0 Å². The van der Waals surface area contributed by atoms with Gasteiger partial charge in [0.2, 0.25) is 0 Å². The van der Waals surface area contributed by atoms with Crippen molar-refractivity contribution in [2.24, 2.45) is 0 Å². The lowest BCUT2D eigenvalue weighted by Gasteiger charge is -2.27. The minimum absolute atomic E-state index is 0.123. The van der Waals surface area contributed by atoms with E-state index in [2.05, 4.69) is 25.3 Å². The van der Waals surface area contributed by atoms with Crippen LogP contribution in [0.5, 0.6) is 0 Å². The van der Waals surface area contributed by atoms with Gasteiger partial charge in [0.15, 0.2) is 5.65 Å². The first kappa shape index (κ1) is 11.1. The molecule has 18 heavy (non-hydrogen) atoms. The van der Waals surface area contributed by atoms with Gasteiger partial charge in [-0.3, -0.25) is 4.79 Å². The Morgan fingerprint density at radius 3 is 3.11 bits per heavy atom. The number of nitrogens with one attached hydrogen (secondary N) is 2. The smallest absolute Gasteiger partial charge is 0.320 e. The van der Waals surface area contributed by atoms with Gasteiger partial charge in [0, 0.05) is 5.92 Å². The summed E-state index contributed by atoms with van der Waals surface area (Å²) < 4.78 is 0. The van der Waals surface area contributed by atoms with Gasteiger partial charge in [0.05, 0.1) is 12.0 Å². The Kier molecular flexibility index (Phi) is 2.67. The van der Waals surface area contributed by atoms with Crippen molar-refractivity contribution in [1.82, 2.24) is 25.3 Å². The van der Waals surface area contributed by atoms with Crippen LogP contribution >= 0.6 is 0 Å². The van der Waals surface area contributed by atoms with Gasteiger partial charge in [0.25, 0.3) is 0 Å². The van der Waals surface area contributed by atoms with Gasteiger partial charge in [-0.05, 0) is 19.4 Å². The van der Waals surface area contributed by atoms with Crippen LogP contribution in [0, 0.1) is 0 Å². The maximum absolute atomic E-state index is 11.0. The fourth-order valence-corrected chi connectivity index (χ4v) is 2.45. The number of carbonyl (C=O) groups is 1. The first-order valence-corrected chi connectivity index (χ1v) is 5.86. The number of carboxylic acid groups (broad SMARTS) is 1. The van der Waals surface area contributed by atoms with E-state index in [9.17, 15) is 4.79 Å². The summed E-state index contributed by atoms with van der Waals surface area (Å²) in [6.07, 6.45) is 4.48. The topological polar surface area (TPSA) is 104 Å². The van der Waals surface area contributed by atoms with Crippen LogP contribution in [0.25, 0.3) is 11.2 Å². The van der Waals surface area contributed by atoms with Crippen molar-refractivity contribution in [3.8, 4) is 0 Å². The first-order chi connectivity index (χ1) is 8.75. The summed E-state index contributed by atoms with van der Waals surface area (Å²) in [7, 11) is 0. The predicted octanol–water partition coefficient (Wildman–Crippen LogP) is 0.273. The molecule has 1 aliphatic heterocycles. The van der Waals surface area contributed by atoms with Gasteiger partial charge < -0.3 is 15.4 Å². The molecule has 7 heteroatoms. The van der Waals surface area contributed by atoms with E-state index in [1.807, 2.05) is 0 Å². The van der Waals surface area contributed by atoms with Gasteiger partial charge in [-0.25, -0.2) is 15.0 Å². The van der Waals surface area contributed by atoms with Crippen LogP contribution in [0.4, 0.5) is 0 Å². The second-order valence-corrected chi connectivity index (χ2v) is 4.43. The number of hydrogen-bond acceptors (Lipinski definition) is 5. The number of rotatable bonds is 2. The SMILES string of the molecule is O=C(O)C1CC(c2ncnc3nc[nH]c23)CCN1. The molecule has 1 fully saturated rings. The van der Waals surface area contributed by atoms with Crippen molar-refractivity contribution in [2.45, 2.75) is 24.8 Å². The highest BCUT2D eigenvalue weighted by Crippen LogP contribution is 2.29. The Bertz CT molecular complexity index is 582. The van der Waals surface area contributed by atoms with Crippen LogP contribution in [0.3, 0.4) is 0 Å². The summed E-state index contributed by atoms with van der Waals surface area (Å²) in [5.74, 6) is -0.687. The van der Waals surface area contributed by atoms with Gasteiger partial charge >= 0.3 is 5.97 Å². The molecule has 3 N–H and O–H groups in total. The molecule has 2 unspecified atom stereocenters. The largest absolute Gasteiger partial charge is 0.480 e. The number of aromatic amines is 1. The number of H-pyrrole nitrogens is 1. The van der Waals surface area contributed by atoms with Gasteiger partial charge in [-0.1, -0.05) is 0 Å². The molecule has 2 atom stereocenters. The molecule has 0 radical (unpaired) electrons. The molecule has 1 aliphatic rings.